The number of alkyl halides is 6. The fourth-order valence-corrected chi connectivity index (χ4v) is 7.52. The van der Waals surface area contributed by atoms with Crippen molar-refractivity contribution in [3.8, 4) is 11.8 Å². The third-order valence-corrected chi connectivity index (χ3v) is 10.3. The molecule has 266 valence electrons. The molecule has 5 rings (SSSR count). The smallest absolute Gasteiger partial charge is 0.430 e. The summed E-state index contributed by atoms with van der Waals surface area (Å²) in [7, 11) is 1.16. The van der Waals surface area contributed by atoms with Crippen molar-refractivity contribution in [2.24, 2.45) is 0 Å². The molecule has 50 heavy (non-hydrogen) atoms. The first kappa shape index (κ1) is 36.8. The molecule has 3 aromatic carbocycles. The maximum Gasteiger partial charge on any atom is 0.430 e. The Morgan fingerprint density at radius 1 is 0.920 bits per heavy atom. The zero-order valence-corrected chi connectivity index (χ0v) is 27.4. The predicted molar refractivity (Wildman–Crippen MR) is 167 cm³/mol. The zero-order chi connectivity index (χ0) is 36.3. The Hall–Kier alpha value is -4.49. The number of likely N-dealkylation sites (tertiary alicyclic amines) is 1. The Bertz CT molecular complexity index is 1710. The van der Waals surface area contributed by atoms with Gasteiger partial charge in [0, 0.05) is 55.3 Å². The minimum atomic E-state index is -5.96. The first-order valence-corrected chi connectivity index (χ1v) is 16.1. The fourth-order valence-electron chi connectivity index (χ4n) is 6.13. The van der Waals surface area contributed by atoms with E-state index in [1.165, 1.54) is 65.2 Å². The molecule has 2 saturated heterocycles. The van der Waals surface area contributed by atoms with Gasteiger partial charge < -0.3 is 24.2 Å². The van der Waals surface area contributed by atoms with E-state index in [1.807, 2.05) is 6.07 Å². The highest BCUT2D eigenvalue weighted by Crippen LogP contribution is 2.55. The van der Waals surface area contributed by atoms with Crippen LogP contribution in [0.4, 0.5) is 35.5 Å². The standard InChI is InChI=1S/C34H31F7N4O4S/c1-48-29-18-23(19-42)2-3-24(29)20-49-32(33(36,37)38,34(39,40)41)26-6-4-25(5-7-26)31(50-28-10-8-27(35)9-11-28)12-13-45(21-31)30(47)44-16-14-43(22-46)15-17-44/h2-11,18,22H,12-17,20-21H2,1H3/t31-/m0/s1. The van der Waals surface area contributed by atoms with Gasteiger partial charge in [-0.3, -0.25) is 4.79 Å². The van der Waals surface area contributed by atoms with Crippen molar-refractivity contribution in [2.45, 2.75) is 40.6 Å². The number of hydrogen-bond acceptors (Lipinski definition) is 6. The molecule has 0 radical (unpaired) electrons. The number of carbonyl (C=O) groups is 2. The summed E-state index contributed by atoms with van der Waals surface area (Å²) in [5, 5.41) is 9.12. The lowest BCUT2D eigenvalue weighted by molar-refractivity contribution is -0.392. The maximum atomic E-state index is 14.7. The molecule has 2 aliphatic rings. The van der Waals surface area contributed by atoms with Crippen molar-refractivity contribution in [1.29, 1.82) is 5.26 Å². The van der Waals surface area contributed by atoms with Crippen molar-refractivity contribution < 1.29 is 49.8 Å². The van der Waals surface area contributed by atoms with Gasteiger partial charge in [-0.1, -0.05) is 30.3 Å². The van der Waals surface area contributed by atoms with Gasteiger partial charge in [0.2, 0.25) is 6.41 Å². The number of benzene rings is 3. The van der Waals surface area contributed by atoms with Crippen LogP contribution in [0.15, 0.2) is 71.6 Å². The number of nitriles is 1. The zero-order valence-electron chi connectivity index (χ0n) is 26.6. The normalized spacial score (nSPS) is 18.6. The number of urea groups is 1. The first-order chi connectivity index (χ1) is 23.7. The highest BCUT2D eigenvalue weighted by atomic mass is 32.2. The highest BCUT2D eigenvalue weighted by Gasteiger charge is 2.73. The number of carbonyl (C=O) groups excluding carboxylic acids is 2. The van der Waals surface area contributed by atoms with E-state index in [1.54, 1.807) is 9.80 Å². The predicted octanol–water partition coefficient (Wildman–Crippen LogP) is 6.83. The van der Waals surface area contributed by atoms with Gasteiger partial charge in [0.15, 0.2) is 0 Å². The number of amides is 3. The van der Waals surface area contributed by atoms with Crippen LogP contribution >= 0.6 is 11.8 Å². The summed E-state index contributed by atoms with van der Waals surface area (Å²) in [5.41, 5.74) is -5.66. The SMILES string of the molecule is COc1cc(C#N)ccc1COC(c1ccc([C@]2(Sc3ccc(F)cc3)CCN(C(=O)N3CCN(C=O)CC3)C2)cc1)(C(F)(F)F)C(F)(F)F. The largest absolute Gasteiger partial charge is 0.496 e. The first-order valence-electron chi connectivity index (χ1n) is 15.3. The van der Waals surface area contributed by atoms with Gasteiger partial charge in [-0.2, -0.15) is 31.6 Å². The molecule has 0 bridgehead atoms. The Kier molecular flexibility index (Phi) is 10.6. The molecule has 0 aromatic heterocycles. The second-order valence-corrected chi connectivity index (χ2v) is 13.3. The van der Waals surface area contributed by atoms with Crippen molar-refractivity contribution >= 4 is 24.2 Å². The molecule has 0 spiro atoms. The van der Waals surface area contributed by atoms with Crippen molar-refractivity contribution in [1.82, 2.24) is 14.7 Å². The van der Waals surface area contributed by atoms with Crippen LogP contribution in [0.25, 0.3) is 0 Å². The lowest BCUT2D eigenvalue weighted by atomic mass is 9.88. The van der Waals surface area contributed by atoms with E-state index in [9.17, 15) is 40.3 Å². The molecule has 0 aliphatic carbocycles. The third kappa shape index (κ3) is 7.20. The number of rotatable bonds is 9. The van der Waals surface area contributed by atoms with Crippen LogP contribution in [0.3, 0.4) is 0 Å². The maximum absolute atomic E-state index is 14.7. The summed E-state index contributed by atoms with van der Waals surface area (Å²) < 4.78 is 111. The monoisotopic (exact) mass is 724 g/mol. The van der Waals surface area contributed by atoms with Crippen molar-refractivity contribution in [3.05, 3.63) is 94.8 Å². The van der Waals surface area contributed by atoms with Crippen molar-refractivity contribution in [2.75, 3.05) is 46.4 Å². The molecular formula is C34H31F7N4O4S. The number of halogens is 7. The van der Waals surface area contributed by atoms with Gasteiger partial charge in [0.1, 0.15) is 11.6 Å². The van der Waals surface area contributed by atoms with Crippen LogP contribution in [0.1, 0.15) is 28.7 Å². The summed E-state index contributed by atoms with van der Waals surface area (Å²) in [5.74, 6) is -0.622. The summed E-state index contributed by atoms with van der Waals surface area (Å²) in [6.45, 7) is 0.421. The number of methoxy groups -OCH3 is 1. The molecule has 16 heteroatoms. The van der Waals surface area contributed by atoms with Crippen LogP contribution < -0.4 is 4.74 Å². The molecule has 3 aromatic rings. The molecular weight excluding hydrogens is 693 g/mol. The van der Waals surface area contributed by atoms with E-state index < -0.39 is 40.7 Å². The molecule has 0 N–H and O–H groups in total. The van der Waals surface area contributed by atoms with E-state index in [0.29, 0.717) is 43.0 Å². The van der Waals surface area contributed by atoms with E-state index in [0.717, 1.165) is 25.3 Å². The number of piperazine rings is 1. The van der Waals surface area contributed by atoms with Crippen LogP contribution in [0, 0.1) is 17.1 Å². The number of thioether (sulfide) groups is 1. The quantitative estimate of drug-likeness (QED) is 0.178. The molecule has 1 atom stereocenters. The average molecular weight is 725 g/mol. The average Bonchev–Trinajstić information content (AvgIpc) is 3.53. The van der Waals surface area contributed by atoms with Crippen LogP contribution in [-0.2, 0) is 26.5 Å². The minimum absolute atomic E-state index is 0.0553. The minimum Gasteiger partial charge on any atom is -0.496 e. The molecule has 8 nitrogen and oxygen atoms in total. The van der Waals surface area contributed by atoms with Gasteiger partial charge in [0.25, 0.3) is 5.60 Å². The van der Waals surface area contributed by atoms with E-state index in [2.05, 4.69) is 0 Å². The van der Waals surface area contributed by atoms with Crippen LogP contribution in [0.2, 0.25) is 0 Å². The molecule has 3 amide bonds. The summed E-state index contributed by atoms with van der Waals surface area (Å²) >= 11 is 1.23. The Labute approximate surface area is 287 Å². The van der Waals surface area contributed by atoms with E-state index in [-0.39, 0.29) is 42.4 Å². The Morgan fingerprint density at radius 3 is 2.12 bits per heavy atom. The second kappa shape index (κ2) is 14.4. The summed E-state index contributed by atoms with van der Waals surface area (Å²) in [4.78, 5) is 29.9. The Balaban J connectivity index is 1.50. The Morgan fingerprint density at radius 2 is 1.56 bits per heavy atom. The van der Waals surface area contributed by atoms with Gasteiger partial charge in [-0.25, -0.2) is 9.18 Å². The van der Waals surface area contributed by atoms with E-state index in [4.69, 9.17) is 14.7 Å². The molecule has 2 aliphatic heterocycles. The van der Waals surface area contributed by atoms with Gasteiger partial charge in [-0.15, -0.1) is 11.8 Å². The van der Waals surface area contributed by atoms with Gasteiger partial charge in [-0.05, 0) is 48.4 Å². The number of nitrogens with zero attached hydrogens (tertiary/aromatic N) is 4. The van der Waals surface area contributed by atoms with Crippen molar-refractivity contribution in [3.63, 3.8) is 0 Å². The van der Waals surface area contributed by atoms with Gasteiger partial charge in [0.05, 0.1) is 30.1 Å². The number of ether oxygens (including phenoxy) is 2. The molecule has 2 fully saturated rings. The lowest BCUT2D eigenvalue weighted by Crippen LogP contribution is -2.55. The lowest BCUT2D eigenvalue weighted by Gasteiger charge is -2.38. The second-order valence-electron chi connectivity index (χ2n) is 11.8. The van der Waals surface area contributed by atoms with Crippen LogP contribution in [0.5, 0.6) is 5.75 Å². The number of hydrogen-bond donors (Lipinski definition) is 0. The van der Waals surface area contributed by atoms with Crippen LogP contribution in [-0.4, -0.2) is 85.9 Å². The van der Waals surface area contributed by atoms with Gasteiger partial charge >= 0.3 is 18.4 Å². The summed E-state index contributed by atoms with van der Waals surface area (Å²) in [6.07, 6.45) is -10.9. The fraction of sp³-hybridized carbons (Fsp3) is 0.382. The summed E-state index contributed by atoms with van der Waals surface area (Å²) in [6, 6.07) is 14.3. The molecule has 0 saturated carbocycles. The topological polar surface area (TPSA) is 86.1 Å². The highest BCUT2D eigenvalue weighted by molar-refractivity contribution is 8.00. The van der Waals surface area contributed by atoms with E-state index >= 15 is 0 Å². The molecule has 2 heterocycles. The third-order valence-electron chi connectivity index (χ3n) is 8.84. The molecule has 0 unspecified atom stereocenters.